The van der Waals surface area contributed by atoms with Gasteiger partial charge in [-0.2, -0.15) is 0 Å². The predicted molar refractivity (Wildman–Crippen MR) is 66.8 cm³/mol. The van der Waals surface area contributed by atoms with Gasteiger partial charge in [-0.05, 0) is 12.1 Å². The number of anilines is 1. The summed E-state index contributed by atoms with van der Waals surface area (Å²) in [7, 11) is 1.54. The van der Waals surface area contributed by atoms with E-state index in [1.165, 1.54) is 7.05 Å². The molecule has 0 aliphatic carbocycles. The molecule has 16 heavy (non-hydrogen) atoms. The quantitative estimate of drug-likeness (QED) is 0.688. The lowest BCUT2D eigenvalue weighted by molar-refractivity contribution is 0.254. The van der Waals surface area contributed by atoms with Gasteiger partial charge in [0, 0.05) is 7.05 Å². The van der Waals surface area contributed by atoms with E-state index in [0.717, 1.165) is 0 Å². The minimum atomic E-state index is -0.314. The van der Waals surface area contributed by atoms with E-state index in [1.807, 2.05) is 0 Å². The van der Waals surface area contributed by atoms with Crippen molar-refractivity contribution in [3.05, 3.63) is 24.3 Å². The summed E-state index contributed by atoms with van der Waals surface area (Å²) in [6.45, 7) is 0.141. The highest BCUT2D eigenvalue weighted by Crippen LogP contribution is 2.23. The first-order valence-electron chi connectivity index (χ1n) is 4.62. The van der Waals surface area contributed by atoms with Crippen molar-refractivity contribution in [1.82, 2.24) is 5.32 Å². The summed E-state index contributed by atoms with van der Waals surface area (Å²) < 4.78 is 5.34. The zero-order chi connectivity index (χ0) is 12.0. The molecule has 0 saturated carbocycles. The number of para-hydroxylation sites is 2. The number of carbonyl (C=O) groups is 1. The van der Waals surface area contributed by atoms with Crippen LogP contribution in [-0.4, -0.2) is 24.7 Å². The van der Waals surface area contributed by atoms with E-state index in [2.05, 4.69) is 10.6 Å². The normalized spacial score (nSPS) is 9.31. The fourth-order valence-corrected chi connectivity index (χ4v) is 1.09. The van der Waals surface area contributed by atoms with E-state index < -0.39 is 0 Å². The number of nitrogens with one attached hydrogen (secondary N) is 2. The van der Waals surface area contributed by atoms with Gasteiger partial charge in [-0.15, -0.1) is 0 Å². The number of hydrogen-bond acceptors (Lipinski definition) is 3. The summed E-state index contributed by atoms with van der Waals surface area (Å²) in [6.07, 6.45) is 0. The average molecular weight is 239 g/mol. The van der Waals surface area contributed by atoms with Crippen molar-refractivity contribution in [3.8, 4) is 5.75 Å². The Balaban J connectivity index is 2.74. The van der Waals surface area contributed by atoms with Gasteiger partial charge in [-0.1, -0.05) is 24.4 Å². The fourth-order valence-electron chi connectivity index (χ4n) is 1.03. The molecule has 1 aromatic rings. The second-order valence-corrected chi connectivity index (χ2v) is 3.48. The minimum absolute atomic E-state index is 0.141. The lowest BCUT2D eigenvalue weighted by Gasteiger charge is -2.11. The van der Waals surface area contributed by atoms with Crippen molar-refractivity contribution >= 4 is 28.9 Å². The molecule has 0 saturated heterocycles. The molecule has 0 bridgehead atoms. The maximum Gasteiger partial charge on any atom is 0.319 e. The smallest absolute Gasteiger partial charge is 0.319 e. The van der Waals surface area contributed by atoms with Gasteiger partial charge in [0.15, 0.2) is 0 Å². The van der Waals surface area contributed by atoms with E-state index in [4.69, 9.17) is 22.7 Å². The van der Waals surface area contributed by atoms with Gasteiger partial charge in [0.25, 0.3) is 0 Å². The highest BCUT2D eigenvalue weighted by Gasteiger charge is 2.05. The van der Waals surface area contributed by atoms with Crippen LogP contribution >= 0.6 is 12.2 Å². The topological polar surface area (TPSA) is 76.4 Å². The summed E-state index contributed by atoms with van der Waals surface area (Å²) in [5.74, 6) is 0.527. The highest BCUT2D eigenvalue weighted by molar-refractivity contribution is 7.80. The molecule has 1 rings (SSSR count). The number of carbonyl (C=O) groups excluding carboxylic acids is 1. The Morgan fingerprint density at radius 1 is 1.50 bits per heavy atom. The molecular weight excluding hydrogens is 226 g/mol. The van der Waals surface area contributed by atoms with Gasteiger partial charge in [-0.3, -0.25) is 0 Å². The molecule has 0 aromatic heterocycles. The summed E-state index contributed by atoms with van der Waals surface area (Å²) in [4.78, 5) is 11.4. The van der Waals surface area contributed by atoms with Crippen LogP contribution in [0.15, 0.2) is 24.3 Å². The number of hydrogen-bond donors (Lipinski definition) is 3. The molecular formula is C10H13N3O2S. The number of nitrogens with two attached hydrogens (primary N) is 1. The lowest BCUT2D eigenvalue weighted by Crippen LogP contribution is -2.25. The first-order chi connectivity index (χ1) is 7.63. The summed E-state index contributed by atoms with van der Waals surface area (Å²) >= 11 is 4.70. The van der Waals surface area contributed by atoms with Gasteiger partial charge in [0.2, 0.25) is 0 Å². The van der Waals surface area contributed by atoms with Crippen LogP contribution in [0.1, 0.15) is 0 Å². The van der Waals surface area contributed by atoms with Gasteiger partial charge in [0.1, 0.15) is 17.3 Å². The van der Waals surface area contributed by atoms with E-state index in [9.17, 15) is 4.79 Å². The monoisotopic (exact) mass is 239 g/mol. The lowest BCUT2D eigenvalue weighted by atomic mass is 10.3. The first-order valence-corrected chi connectivity index (χ1v) is 5.03. The summed E-state index contributed by atoms with van der Waals surface area (Å²) in [6, 6.07) is 6.72. The van der Waals surface area contributed by atoms with Gasteiger partial charge in [0.05, 0.1) is 5.69 Å². The molecule has 86 valence electrons. The second-order valence-electron chi connectivity index (χ2n) is 2.96. The van der Waals surface area contributed by atoms with Crippen molar-refractivity contribution in [1.29, 1.82) is 0 Å². The minimum Gasteiger partial charge on any atom is -0.484 e. The van der Waals surface area contributed by atoms with Crippen LogP contribution in [0.2, 0.25) is 0 Å². The Kier molecular flexibility index (Phi) is 4.53. The molecule has 0 heterocycles. The molecule has 6 heteroatoms. The number of urea groups is 1. The Morgan fingerprint density at radius 2 is 2.19 bits per heavy atom. The number of benzene rings is 1. The number of ether oxygens (including phenoxy) is 1. The first kappa shape index (κ1) is 12.3. The molecule has 0 aliphatic heterocycles. The maximum absolute atomic E-state index is 11.1. The van der Waals surface area contributed by atoms with Crippen molar-refractivity contribution in [3.63, 3.8) is 0 Å². The molecule has 0 radical (unpaired) electrons. The predicted octanol–water partition coefficient (Wildman–Crippen LogP) is 1.10. The molecule has 0 unspecified atom stereocenters. The standard InChI is InChI=1S/C10H13N3O2S/c1-12-10(14)13-7-4-2-3-5-8(7)15-6-9(11)16/h2-5H,6H2,1H3,(H2,11,16)(H2,12,13,14). The number of rotatable bonds is 4. The maximum atomic E-state index is 11.1. The Bertz CT molecular complexity index is 395. The SMILES string of the molecule is CNC(=O)Nc1ccccc1OCC(N)=S. The van der Waals surface area contributed by atoms with Crippen LogP contribution in [0.3, 0.4) is 0 Å². The van der Waals surface area contributed by atoms with Crippen LogP contribution in [0.25, 0.3) is 0 Å². The number of thiocarbonyl (C=S) groups is 1. The third kappa shape index (κ3) is 3.74. The molecule has 0 atom stereocenters. The third-order valence-electron chi connectivity index (χ3n) is 1.73. The average Bonchev–Trinajstić information content (AvgIpc) is 2.27. The van der Waals surface area contributed by atoms with Crippen LogP contribution in [0, 0.1) is 0 Å². The zero-order valence-corrected chi connectivity index (χ0v) is 9.64. The Morgan fingerprint density at radius 3 is 2.81 bits per heavy atom. The van der Waals surface area contributed by atoms with Crippen molar-refractivity contribution in [2.75, 3.05) is 19.0 Å². The van der Waals surface area contributed by atoms with Crippen LogP contribution < -0.4 is 21.1 Å². The van der Waals surface area contributed by atoms with Crippen molar-refractivity contribution < 1.29 is 9.53 Å². The summed E-state index contributed by atoms with van der Waals surface area (Å²) in [5.41, 5.74) is 5.89. The van der Waals surface area contributed by atoms with Gasteiger partial charge in [-0.25, -0.2) is 4.79 Å². The Hall–Kier alpha value is -1.82. The van der Waals surface area contributed by atoms with Crippen LogP contribution in [0.4, 0.5) is 10.5 Å². The van der Waals surface area contributed by atoms with Gasteiger partial charge < -0.3 is 21.1 Å². The van der Waals surface area contributed by atoms with Crippen molar-refractivity contribution in [2.24, 2.45) is 5.73 Å². The molecule has 0 aliphatic rings. The number of amides is 2. The fraction of sp³-hybridized carbons (Fsp3) is 0.200. The van der Waals surface area contributed by atoms with E-state index in [1.54, 1.807) is 24.3 Å². The highest BCUT2D eigenvalue weighted by atomic mass is 32.1. The third-order valence-corrected chi connectivity index (χ3v) is 1.85. The molecule has 5 nitrogen and oxygen atoms in total. The van der Waals surface area contributed by atoms with E-state index >= 15 is 0 Å². The summed E-state index contributed by atoms with van der Waals surface area (Å²) in [5, 5.41) is 5.07. The molecule has 0 fully saturated rings. The Labute approximate surface area is 99.0 Å². The van der Waals surface area contributed by atoms with Crippen LogP contribution in [0.5, 0.6) is 5.75 Å². The van der Waals surface area contributed by atoms with E-state index in [0.29, 0.717) is 11.4 Å². The molecule has 1 aromatic carbocycles. The molecule has 0 spiro atoms. The zero-order valence-electron chi connectivity index (χ0n) is 8.82. The molecule has 2 amide bonds. The largest absolute Gasteiger partial charge is 0.484 e. The van der Waals surface area contributed by atoms with Crippen LogP contribution in [-0.2, 0) is 0 Å². The van der Waals surface area contributed by atoms with Gasteiger partial charge >= 0.3 is 6.03 Å². The van der Waals surface area contributed by atoms with E-state index in [-0.39, 0.29) is 17.6 Å². The second kappa shape index (κ2) is 5.92. The molecule has 4 N–H and O–H groups in total. The van der Waals surface area contributed by atoms with Crippen molar-refractivity contribution in [2.45, 2.75) is 0 Å².